The van der Waals surface area contributed by atoms with E-state index >= 15 is 0 Å². The van der Waals surface area contributed by atoms with Gasteiger partial charge in [-0.15, -0.1) is 0 Å². The monoisotopic (exact) mass is 476 g/mol. The highest BCUT2D eigenvalue weighted by atomic mass is 35.5. The van der Waals surface area contributed by atoms with Crippen molar-refractivity contribution in [3.8, 4) is 17.3 Å². The molecule has 0 atom stereocenters. The Balaban J connectivity index is 1.57. The number of aromatic nitrogens is 1. The summed E-state index contributed by atoms with van der Waals surface area (Å²) in [5.41, 5.74) is 4.12. The number of nitriles is 1. The first-order valence-electron chi connectivity index (χ1n) is 11.2. The average Bonchev–Trinajstić information content (AvgIpc) is 2.88. The van der Waals surface area contributed by atoms with Crippen molar-refractivity contribution in [3.63, 3.8) is 0 Å². The summed E-state index contributed by atoms with van der Waals surface area (Å²) in [7, 11) is 0. The van der Waals surface area contributed by atoms with Crippen molar-refractivity contribution in [3.05, 3.63) is 64.2 Å². The molecule has 0 bridgehead atoms. The van der Waals surface area contributed by atoms with Crippen molar-refractivity contribution in [2.24, 2.45) is 0 Å². The van der Waals surface area contributed by atoms with Crippen LogP contribution in [-0.2, 0) is 4.74 Å². The summed E-state index contributed by atoms with van der Waals surface area (Å²) < 4.78 is 5.19. The van der Waals surface area contributed by atoms with Gasteiger partial charge in [-0.3, -0.25) is 4.79 Å². The van der Waals surface area contributed by atoms with Crippen LogP contribution in [0.2, 0.25) is 5.02 Å². The molecule has 0 N–H and O–H groups in total. The number of hydrogen-bond donors (Lipinski definition) is 0. The summed E-state index contributed by atoms with van der Waals surface area (Å²) in [6, 6.07) is 14.6. The molecule has 2 amide bonds. The zero-order chi connectivity index (χ0) is 24.2. The standard InChI is InChI=1S/C26H25ClN4O3/c1-3-14-34-26(33)31-12-10-30(11-13-31)25(32)20-8-9-21-22(15-20)29-24(17(2)23(21)27)19-6-4-18(16-28)5-7-19/h4-9,15H,3,10-14H2,1-2H3. The van der Waals surface area contributed by atoms with E-state index in [4.69, 9.17) is 26.6 Å². The molecular weight excluding hydrogens is 452 g/mol. The number of ether oxygens (including phenoxy) is 1. The van der Waals surface area contributed by atoms with E-state index in [1.807, 2.05) is 32.0 Å². The normalized spacial score (nSPS) is 13.6. The number of benzene rings is 2. The van der Waals surface area contributed by atoms with Gasteiger partial charge in [0, 0.05) is 42.7 Å². The maximum absolute atomic E-state index is 13.2. The Labute approximate surface area is 203 Å². The number of carbonyl (C=O) groups excluding carboxylic acids is 2. The number of piperazine rings is 1. The minimum absolute atomic E-state index is 0.109. The van der Waals surface area contributed by atoms with Crippen LogP contribution in [0, 0.1) is 18.3 Å². The van der Waals surface area contributed by atoms with Gasteiger partial charge in [0.1, 0.15) is 0 Å². The van der Waals surface area contributed by atoms with Crippen LogP contribution in [0.25, 0.3) is 22.2 Å². The molecule has 1 saturated heterocycles. The Morgan fingerprint density at radius 2 is 1.76 bits per heavy atom. The van der Waals surface area contributed by atoms with Gasteiger partial charge in [0.15, 0.2) is 0 Å². The van der Waals surface area contributed by atoms with Gasteiger partial charge in [0.2, 0.25) is 0 Å². The van der Waals surface area contributed by atoms with Crippen LogP contribution >= 0.6 is 11.6 Å². The largest absolute Gasteiger partial charge is 0.449 e. The van der Waals surface area contributed by atoms with Crippen molar-refractivity contribution in [2.75, 3.05) is 32.8 Å². The lowest BCUT2D eigenvalue weighted by atomic mass is 10.0. The molecule has 0 unspecified atom stereocenters. The van der Waals surface area contributed by atoms with Gasteiger partial charge >= 0.3 is 6.09 Å². The molecule has 2 heterocycles. The zero-order valence-electron chi connectivity index (χ0n) is 19.2. The summed E-state index contributed by atoms with van der Waals surface area (Å²) in [5.74, 6) is -0.109. The summed E-state index contributed by atoms with van der Waals surface area (Å²) in [6.07, 6.45) is 0.445. The zero-order valence-corrected chi connectivity index (χ0v) is 19.9. The Bertz CT molecular complexity index is 1280. The van der Waals surface area contributed by atoms with E-state index < -0.39 is 0 Å². The highest BCUT2D eigenvalue weighted by molar-refractivity contribution is 6.36. The molecule has 34 heavy (non-hydrogen) atoms. The van der Waals surface area contributed by atoms with Gasteiger partial charge in [-0.2, -0.15) is 5.26 Å². The van der Waals surface area contributed by atoms with Crippen molar-refractivity contribution >= 4 is 34.5 Å². The topological polar surface area (TPSA) is 86.5 Å². The van der Waals surface area contributed by atoms with Crippen molar-refractivity contribution in [2.45, 2.75) is 20.3 Å². The SMILES string of the molecule is CCCOC(=O)N1CCN(C(=O)c2ccc3c(Cl)c(C)c(-c4ccc(C#N)cc4)nc3c2)CC1. The van der Waals surface area contributed by atoms with Gasteiger partial charge in [-0.05, 0) is 43.2 Å². The van der Waals surface area contributed by atoms with E-state index in [0.29, 0.717) is 60.1 Å². The van der Waals surface area contributed by atoms with Crippen LogP contribution in [0.4, 0.5) is 4.79 Å². The fourth-order valence-electron chi connectivity index (χ4n) is 3.99. The number of rotatable bonds is 4. The van der Waals surface area contributed by atoms with Crippen molar-refractivity contribution in [1.29, 1.82) is 5.26 Å². The molecule has 3 aromatic rings. The minimum atomic E-state index is -0.329. The third kappa shape index (κ3) is 4.68. The molecule has 0 radical (unpaired) electrons. The molecule has 1 aromatic heterocycles. The number of pyridine rings is 1. The molecule has 1 aliphatic heterocycles. The minimum Gasteiger partial charge on any atom is -0.449 e. The first-order valence-corrected chi connectivity index (χ1v) is 11.6. The van der Waals surface area contributed by atoms with Crippen molar-refractivity contribution < 1.29 is 14.3 Å². The second kappa shape index (κ2) is 10.1. The van der Waals surface area contributed by atoms with Crippen molar-refractivity contribution in [1.82, 2.24) is 14.8 Å². The van der Waals surface area contributed by atoms with E-state index in [1.54, 1.807) is 34.1 Å². The Morgan fingerprint density at radius 3 is 2.41 bits per heavy atom. The van der Waals surface area contributed by atoms with Gasteiger partial charge in [-0.1, -0.05) is 36.7 Å². The van der Waals surface area contributed by atoms with E-state index in [2.05, 4.69) is 6.07 Å². The van der Waals surface area contributed by atoms with Gasteiger partial charge in [-0.25, -0.2) is 9.78 Å². The number of carbonyl (C=O) groups is 2. The lowest BCUT2D eigenvalue weighted by Gasteiger charge is -2.34. The van der Waals surface area contributed by atoms with E-state index in [1.165, 1.54) is 0 Å². The van der Waals surface area contributed by atoms with Crippen LogP contribution in [-0.4, -0.2) is 59.6 Å². The summed E-state index contributed by atoms with van der Waals surface area (Å²) in [4.78, 5) is 33.4. The lowest BCUT2D eigenvalue weighted by molar-refractivity contribution is 0.0560. The van der Waals surface area contributed by atoms with Crippen LogP contribution in [0.1, 0.15) is 34.8 Å². The average molecular weight is 477 g/mol. The van der Waals surface area contributed by atoms with Gasteiger partial charge < -0.3 is 14.5 Å². The lowest BCUT2D eigenvalue weighted by Crippen LogP contribution is -2.50. The molecule has 0 saturated carbocycles. The Kier molecular flexibility index (Phi) is 6.99. The van der Waals surface area contributed by atoms with E-state index in [9.17, 15) is 9.59 Å². The Morgan fingerprint density at radius 1 is 1.09 bits per heavy atom. The molecule has 0 aliphatic carbocycles. The molecule has 174 valence electrons. The number of hydrogen-bond acceptors (Lipinski definition) is 5. The second-order valence-corrected chi connectivity index (χ2v) is 8.59. The Hall–Kier alpha value is -3.63. The molecule has 0 spiro atoms. The second-order valence-electron chi connectivity index (χ2n) is 8.21. The highest BCUT2D eigenvalue weighted by Crippen LogP contribution is 2.33. The number of halogens is 1. The van der Waals surface area contributed by atoms with Crippen LogP contribution in [0.3, 0.4) is 0 Å². The number of fused-ring (bicyclic) bond motifs is 1. The molecule has 7 nitrogen and oxygen atoms in total. The summed E-state index contributed by atoms with van der Waals surface area (Å²) in [6.45, 7) is 6.01. The molecule has 1 aliphatic rings. The smallest absolute Gasteiger partial charge is 0.409 e. The highest BCUT2D eigenvalue weighted by Gasteiger charge is 2.26. The number of nitrogens with zero attached hydrogens (tertiary/aromatic N) is 4. The molecule has 8 heteroatoms. The van der Waals surface area contributed by atoms with E-state index in [0.717, 1.165) is 22.9 Å². The quantitative estimate of drug-likeness (QED) is 0.526. The van der Waals surface area contributed by atoms with Gasteiger partial charge in [0.05, 0.1) is 34.5 Å². The third-order valence-electron chi connectivity index (χ3n) is 5.94. The summed E-state index contributed by atoms with van der Waals surface area (Å²) >= 11 is 6.67. The van der Waals surface area contributed by atoms with Crippen LogP contribution < -0.4 is 0 Å². The predicted molar refractivity (Wildman–Crippen MR) is 131 cm³/mol. The van der Waals surface area contributed by atoms with Crippen LogP contribution in [0.5, 0.6) is 0 Å². The third-order valence-corrected chi connectivity index (χ3v) is 6.43. The molecule has 4 rings (SSSR count). The predicted octanol–water partition coefficient (Wildman–Crippen LogP) is 5.04. The molecule has 1 fully saturated rings. The number of amides is 2. The fraction of sp³-hybridized carbons (Fsp3) is 0.308. The van der Waals surface area contributed by atoms with Gasteiger partial charge in [0.25, 0.3) is 5.91 Å². The summed E-state index contributed by atoms with van der Waals surface area (Å²) in [5, 5.41) is 10.4. The van der Waals surface area contributed by atoms with Crippen LogP contribution in [0.15, 0.2) is 42.5 Å². The maximum atomic E-state index is 13.2. The fourth-order valence-corrected chi connectivity index (χ4v) is 4.24. The first-order chi connectivity index (χ1) is 16.4. The first kappa shape index (κ1) is 23.5. The maximum Gasteiger partial charge on any atom is 0.409 e. The molecule has 2 aromatic carbocycles. The van der Waals surface area contributed by atoms with E-state index in [-0.39, 0.29) is 12.0 Å². The molecular formula is C26H25ClN4O3.